The molecule has 2 heterocycles. The Hall–Kier alpha value is -5.06. The zero-order valence-electron chi connectivity index (χ0n) is 18.7. The number of amides is 2. The van der Waals surface area contributed by atoms with Gasteiger partial charge in [-0.25, -0.2) is 18.4 Å². The second-order valence-electron chi connectivity index (χ2n) is 8.24. The second kappa shape index (κ2) is 8.55. The summed E-state index contributed by atoms with van der Waals surface area (Å²) in [4.78, 5) is 53.2. The Labute approximate surface area is 206 Å². The Morgan fingerprint density at radius 1 is 0.946 bits per heavy atom. The van der Waals surface area contributed by atoms with Crippen molar-refractivity contribution in [3.8, 4) is 17.2 Å². The standard InChI is InChI=1S/C26H15F2NO8/c1-11-6-20-15(8-17(11)27)24(16-9-18(28)19(30)10-21(16)36-20)13-3-2-12(7-14(13)25(33)34)26(35)37-29-22(31)4-5-23(29)32/h2-3,6-10,30H,1,4-5H2,(H,33,34). The van der Waals surface area contributed by atoms with E-state index in [-0.39, 0.29) is 57.0 Å². The number of carbonyl (C=O) groups is 4. The molecule has 2 N–H and O–H groups in total. The molecule has 5 rings (SSSR count). The van der Waals surface area contributed by atoms with Crippen LogP contribution >= 0.6 is 0 Å². The van der Waals surface area contributed by atoms with Gasteiger partial charge in [0.05, 0.1) is 11.1 Å². The number of benzene rings is 3. The molecule has 11 heteroatoms. The number of carbonyl (C=O) groups excluding carboxylic acids is 3. The number of phenols is 1. The molecule has 2 aliphatic rings. The maximum Gasteiger partial charge on any atom is 0.363 e. The van der Waals surface area contributed by atoms with Crippen LogP contribution in [0.2, 0.25) is 0 Å². The lowest BCUT2D eigenvalue weighted by Gasteiger charge is -2.23. The van der Waals surface area contributed by atoms with Crippen molar-refractivity contribution in [2.45, 2.75) is 12.8 Å². The van der Waals surface area contributed by atoms with Gasteiger partial charge in [-0.15, -0.1) is 5.06 Å². The maximum absolute atomic E-state index is 14.5. The minimum atomic E-state index is -1.49. The molecule has 37 heavy (non-hydrogen) atoms. The minimum absolute atomic E-state index is 0.0181. The molecule has 2 amide bonds. The maximum atomic E-state index is 14.5. The van der Waals surface area contributed by atoms with Crippen molar-refractivity contribution in [3.05, 3.63) is 86.8 Å². The first kappa shape index (κ1) is 23.7. The fraction of sp³-hybridized carbons (Fsp3) is 0.0769. The minimum Gasteiger partial charge on any atom is -0.505 e. The van der Waals surface area contributed by atoms with E-state index in [0.717, 1.165) is 24.3 Å². The number of carboxylic acid groups (broad SMARTS) is 1. The SMILES string of the molecule is C=c1cc2c(cc1F)=C(c1ccc(C(=O)ON3C(=O)CCC3=O)cc1C(=O)O)c1cc(F)c(O)cc1O2. The summed E-state index contributed by atoms with van der Waals surface area (Å²) in [7, 11) is 0. The van der Waals surface area contributed by atoms with Crippen molar-refractivity contribution >= 4 is 35.9 Å². The van der Waals surface area contributed by atoms with Gasteiger partial charge in [0.25, 0.3) is 11.8 Å². The highest BCUT2D eigenvalue weighted by atomic mass is 19.1. The molecule has 0 spiro atoms. The summed E-state index contributed by atoms with van der Waals surface area (Å²) in [5.74, 6) is -6.51. The van der Waals surface area contributed by atoms with Crippen molar-refractivity contribution < 1.29 is 47.7 Å². The molecule has 0 bridgehead atoms. The average molecular weight is 507 g/mol. The fourth-order valence-electron chi connectivity index (χ4n) is 4.11. The molecular formula is C26H15F2NO8. The molecule has 186 valence electrons. The van der Waals surface area contributed by atoms with Crippen molar-refractivity contribution in [3.63, 3.8) is 0 Å². The van der Waals surface area contributed by atoms with Gasteiger partial charge in [0.2, 0.25) is 0 Å². The van der Waals surface area contributed by atoms with Gasteiger partial charge in [-0.05, 0) is 35.9 Å². The van der Waals surface area contributed by atoms with Crippen LogP contribution in [0.1, 0.15) is 44.7 Å². The van der Waals surface area contributed by atoms with E-state index in [1.807, 2.05) is 0 Å². The normalized spacial score (nSPS) is 14.2. The topological polar surface area (TPSA) is 130 Å². The van der Waals surface area contributed by atoms with Gasteiger partial charge < -0.3 is 19.8 Å². The number of nitrogens with zero attached hydrogens (tertiary/aromatic N) is 1. The Balaban J connectivity index is 1.71. The Morgan fingerprint density at radius 2 is 1.65 bits per heavy atom. The first-order chi connectivity index (χ1) is 17.5. The molecule has 0 radical (unpaired) electrons. The lowest BCUT2D eigenvalue weighted by atomic mass is 9.88. The van der Waals surface area contributed by atoms with Crippen molar-refractivity contribution in [2.24, 2.45) is 0 Å². The number of hydroxylamine groups is 2. The Bertz CT molecular complexity index is 1660. The van der Waals surface area contributed by atoms with Crippen LogP contribution in [0.3, 0.4) is 0 Å². The summed E-state index contributed by atoms with van der Waals surface area (Å²) in [6, 6.07) is 7.59. The summed E-state index contributed by atoms with van der Waals surface area (Å²) in [5.41, 5.74) is -0.710. The molecule has 0 saturated carbocycles. The Morgan fingerprint density at radius 3 is 2.32 bits per heavy atom. The first-order valence-corrected chi connectivity index (χ1v) is 10.7. The highest BCUT2D eigenvalue weighted by molar-refractivity contribution is 6.04. The summed E-state index contributed by atoms with van der Waals surface area (Å²) in [5, 5.41) is 20.2. The summed E-state index contributed by atoms with van der Waals surface area (Å²) in [6.07, 6.45) is -0.245. The van der Waals surface area contributed by atoms with Gasteiger partial charge in [0.15, 0.2) is 11.6 Å². The molecule has 0 aliphatic carbocycles. The molecular weight excluding hydrogens is 492 g/mol. The second-order valence-corrected chi connectivity index (χ2v) is 8.24. The highest BCUT2D eigenvalue weighted by Gasteiger charge is 2.34. The quantitative estimate of drug-likeness (QED) is 0.403. The number of ether oxygens (including phenoxy) is 1. The van der Waals surface area contributed by atoms with Gasteiger partial charge >= 0.3 is 11.9 Å². The summed E-state index contributed by atoms with van der Waals surface area (Å²) >= 11 is 0. The van der Waals surface area contributed by atoms with E-state index in [0.29, 0.717) is 5.06 Å². The predicted octanol–water partition coefficient (Wildman–Crippen LogP) is 2.35. The third-order valence-electron chi connectivity index (χ3n) is 5.89. The lowest BCUT2D eigenvalue weighted by molar-refractivity contribution is -0.172. The molecule has 0 atom stereocenters. The summed E-state index contributed by atoms with van der Waals surface area (Å²) in [6.45, 7) is 3.57. The molecule has 1 fully saturated rings. The number of fused-ring (bicyclic) bond motifs is 2. The first-order valence-electron chi connectivity index (χ1n) is 10.7. The number of phenolic OH excluding ortho intramolecular Hbond substituents is 1. The van der Waals surface area contributed by atoms with E-state index < -0.39 is 46.7 Å². The van der Waals surface area contributed by atoms with E-state index >= 15 is 0 Å². The van der Waals surface area contributed by atoms with Crippen LogP contribution in [-0.2, 0) is 14.4 Å². The van der Waals surface area contributed by atoms with Crippen LogP contribution in [-0.4, -0.2) is 39.0 Å². The van der Waals surface area contributed by atoms with Crippen molar-refractivity contribution in [1.82, 2.24) is 5.06 Å². The smallest absolute Gasteiger partial charge is 0.363 e. The number of aromatic carboxylic acids is 1. The summed E-state index contributed by atoms with van der Waals surface area (Å²) < 4.78 is 34.6. The van der Waals surface area contributed by atoms with Crippen LogP contribution in [0.25, 0.3) is 12.2 Å². The zero-order valence-corrected chi connectivity index (χ0v) is 18.7. The van der Waals surface area contributed by atoms with Gasteiger partial charge in [-0.2, -0.15) is 0 Å². The predicted molar refractivity (Wildman–Crippen MR) is 121 cm³/mol. The van der Waals surface area contributed by atoms with E-state index in [1.54, 1.807) is 0 Å². The van der Waals surface area contributed by atoms with Crippen LogP contribution in [0.5, 0.6) is 17.2 Å². The van der Waals surface area contributed by atoms with E-state index in [4.69, 9.17) is 9.57 Å². The van der Waals surface area contributed by atoms with Crippen LogP contribution in [0.4, 0.5) is 8.78 Å². The van der Waals surface area contributed by atoms with E-state index in [2.05, 4.69) is 6.58 Å². The number of hydrogen-bond donors (Lipinski definition) is 2. The largest absolute Gasteiger partial charge is 0.505 e. The van der Waals surface area contributed by atoms with Crippen LogP contribution in [0.15, 0.2) is 42.5 Å². The highest BCUT2D eigenvalue weighted by Crippen LogP contribution is 2.40. The van der Waals surface area contributed by atoms with Gasteiger partial charge in [-0.3, -0.25) is 9.59 Å². The monoisotopic (exact) mass is 507 g/mol. The molecule has 0 aromatic heterocycles. The average Bonchev–Trinajstić information content (AvgIpc) is 3.16. The third kappa shape index (κ3) is 3.96. The van der Waals surface area contributed by atoms with E-state index in [1.165, 1.54) is 18.2 Å². The van der Waals surface area contributed by atoms with Crippen LogP contribution < -0.4 is 15.2 Å². The number of halogens is 2. The number of carboxylic acids is 1. The molecule has 3 aromatic carbocycles. The van der Waals surface area contributed by atoms with E-state index in [9.17, 15) is 38.2 Å². The molecule has 0 unspecified atom stereocenters. The number of aromatic hydroxyl groups is 1. The molecule has 3 aromatic rings. The molecule has 9 nitrogen and oxygen atoms in total. The molecule has 2 aliphatic heterocycles. The number of rotatable bonds is 4. The lowest BCUT2D eigenvalue weighted by Crippen LogP contribution is -2.32. The zero-order chi connectivity index (χ0) is 26.6. The van der Waals surface area contributed by atoms with Gasteiger partial charge in [0.1, 0.15) is 17.3 Å². The van der Waals surface area contributed by atoms with Crippen molar-refractivity contribution in [2.75, 3.05) is 0 Å². The van der Waals surface area contributed by atoms with Gasteiger partial charge in [-0.1, -0.05) is 12.6 Å². The molecule has 1 saturated heterocycles. The fourth-order valence-corrected chi connectivity index (χ4v) is 4.11. The number of hydrogen-bond acceptors (Lipinski definition) is 7. The van der Waals surface area contributed by atoms with Crippen LogP contribution in [0, 0.1) is 11.6 Å². The van der Waals surface area contributed by atoms with Crippen molar-refractivity contribution in [1.29, 1.82) is 0 Å². The van der Waals surface area contributed by atoms with Gasteiger partial charge in [0, 0.05) is 40.5 Å². The third-order valence-corrected chi connectivity index (χ3v) is 5.89. The number of imide groups is 1. The Kier molecular flexibility index (Phi) is 5.47.